The first-order valence-electron chi connectivity index (χ1n) is 6.75. The van der Waals surface area contributed by atoms with E-state index in [4.69, 9.17) is 21.9 Å². The highest BCUT2D eigenvalue weighted by atomic mass is 35.5. The molecule has 5 nitrogen and oxygen atoms in total. The Kier molecular flexibility index (Phi) is 6.87. The predicted molar refractivity (Wildman–Crippen MR) is 89.5 cm³/mol. The number of benzene rings is 1. The maximum atomic E-state index is 12.3. The Balaban J connectivity index is 0.00000242. The van der Waals surface area contributed by atoms with E-state index in [0.29, 0.717) is 40.6 Å². The molecule has 22 heavy (non-hydrogen) atoms. The summed E-state index contributed by atoms with van der Waals surface area (Å²) in [7, 11) is 0. The molecule has 0 spiro atoms. The maximum Gasteiger partial charge on any atom is 0.257 e. The van der Waals surface area contributed by atoms with Crippen LogP contribution in [0.4, 0.5) is 0 Å². The number of amides is 1. The first-order chi connectivity index (χ1) is 10.0. The quantitative estimate of drug-likeness (QED) is 0.873. The van der Waals surface area contributed by atoms with Crippen LogP contribution in [0.5, 0.6) is 0 Å². The van der Waals surface area contributed by atoms with Crippen LogP contribution in [0.3, 0.4) is 0 Å². The van der Waals surface area contributed by atoms with Gasteiger partial charge in [0.05, 0.1) is 5.02 Å². The fourth-order valence-electron chi connectivity index (χ4n) is 1.98. The summed E-state index contributed by atoms with van der Waals surface area (Å²) in [6.45, 7) is 4.10. The van der Waals surface area contributed by atoms with E-state index in [9.17, 15) is 4.79 Å². The SMILES string of the molecule is Cc1onc(-c2ccccc2Cl)c1C(=O)NCCC(C)N.Cl. The summed E-state index contributed by atoms with van der Waals surface area (Å²) in [4.78, 5) is 12.3. The van der Waals surface area contributed by atoms with Crippen molar-refractivity contribution in [3.8, 4) is 11.3 Å². The highest BCUT2D eigenvalue weighted by Crippen LogP contribution is 2.30. The number of carbonyl (C=O) groups is 1. The first kappa shape index (κ1) is 18.5. The number of nitrogens with zero attached hydrogens (tertiary/aromatic N) is 1. The molecule has 0 aliphatic carbocycles. The molecule has 2 rings (SSSR count). The molecule has 1 atom stereocenters. The van der Waals surface area contributed by atoms with Crippen molar-refractivity contribution in [2.45, 2.75) is 26.3 Å². The number of hydrogen-bond donors (Lipinski definition) is 2. The molecule has 2 aromatic rings. The largest absolute Gasteiger partial charge is 0.360 e. The van der Waals surface area contributed by atoms with E-state index in [1.165, 1.54) is 0 Å². The summed E-state index contributed by atoms with van der Waals surface area (Å²) >= 11 is 6.16. The molecule has 0 fully saturated rings. The lowest BCUT2D eigenvalue weighted by Gasteiger charge is -2.08. The van der Waals surface area contributed by atoms with Crippen molar-refractivity contribution in [2.75, 3.05) is 6.54 Å². The maximum absolute atomic E-state index is 12.3. The lowest BCUT2D eigenvalue weighted by atomic mass is 10.1. The Hall–Kier alpha value is -1.56. The predicted octanol–water partition coefficient (Wildman–Crippen LogP) is 3.19. The van der Waals surface area contributed by atoms with Gasteiger partial charge in [0.1, 0.15) is 17.0 Å². The second-order valence-corrected chi connectivity index (χ2v) is 5.37. The zero-order valence-corrected chi connectivity index (χ0v) is 14.0. The van der Waals surface area contributed by atoms with Crippen molar-refractivity contribution in [2.24, 2.45) is 5.73 Å². The third-order valence-corrected chi connectivity index (χ3v) is 3.43. The fraction of sp³-hybridized carbons (Fsp3) is 0.333. The molecule has 7 heteroatoms. The van der Waals surface area contributed by atoms with Gasteiger partial charge in [0, 0.05) is 18.2 Å². The van der Waals surface area contributed by atoms with E-state index in [0.717, 1.165) is 0 Å². The Morgan fingerprint density at radius 2 is 2.14 bits per heavy atom. The average molecular weight is 344 g/mol. The average Bonchev–Trinajstić information content (AvgIpc) is 2.80. The third-order valence-electron chi connectivity index (χ3n) is 3.10. The molecule has 0 radical (unpaired) electrons. The van der Waals surface area contributed by atoms with Gasteiger partial charge in [-0.3, -0.25) is 4.79 Å². The van der Waals surface area contributed by atoms with E-state index in [1.807, 2.05) is 19.1 Å². The van der Waals surface area contributed by atoms with Gasteiger partial charge in [-0.15, -0.1) is 12.4 Å². The van der Waals surface area contributed by atoms with E-state index < -0.39 is 0 Å². The minimum Gasteiger partial charge on any atom is -0.360 e. The standard InChI is InChI=1S/C15H18ClN3O2.ClH/c1-9(17)7-8-18-15(20)13-10(2)21-19-14(13)11-5-3-4-6-12(11)16;/h3-6,9H,7-8,17H2,1-2H3,(H,18,20);1H. The molecule has 1 heterocycles. The lowest BCUT2D eigenvalue weighted by molar-refractivity contribution is 0.0952. The highest BCUT2D eigenvalue weighted by molar-refractivity contribution is 6.33. The number of nitrogens with two attached hydrogens (primary N) is 1. The van der Waals surface area contributed by atoms with Crippen LogP contribution in [0.2, 0.25) is 5.02 Å². The smallest absolute Gasteiger partial charge is 0.257 e. The Labute approximate surface area is 140 Å². The summed E-state index contributed by atoms with van der Waals surface area (Å²) < 4.78 is 5.16. The summed E-state index contributed by atoms with van der Waals surface area (Å²) in [6, 6.07) is 7.25. The van der Waals surface area contributed by atoms with Gasteiger partial charge in [0.2, 0.25) is 0 Å². The topological polar surface area (TPSA) is 81.2 Å². The Morgan fingerprint density at radius 3 is 2.77 bits per heavy atom. The normalized spacial score (nSPS) is 11.6. The van der Waals surface area contributed by atoms with E-state index >= 15 is 0 Å². The summed E-state index contributed by atoms with van der Waals surface area (Å²) in [6.07, 6.45) is 0.706. The molecule has 1 aromatic heterocycles. The van der Waals surface area contributed by atoms with Crippen molar-refractivity contribution in [1.82, 2.24) is 10.5 Å². The first-order valence-corrected chi connectivity index (χ1v) is 7.13. The summed E-state index contributed by atoms with van der Waals surface area (Å²) in [5.74, 6) is 0.229. The van der Waals surface area contributed by atoms with E-state index in [1.54, 1.807) is 19.1 Å². The molecule has 120 valence electrons. The molecule has 1 aromatic carbocycles. The summed E-state index contributed by atoms with van der Waals surface area (Å²) in [5.41, 5.74) is 7.21. The van der Waals surface area contributed by atoms with Crippen molar-refractivity contribution in [3.63, 3.8) is 0 Å². The van der Waals surface area contributed by atoms with Crippen LogP contribution >= 0.6 is 24.0 Å². The van der Waals surface area contributed by atoms with Crippen LogP contribution in [0.15, 0.2) is 28.8 Å². The minimum atomic E-state index is -0.232. The highest BCUT2D eigenvalue weighted by Gasteiger charge is 2.22. The molecule has 0 saturated heterocycles. The number of nitrogens with one attached hydrogen (secondary N) is 1. The number of carbonyl (C=O) groups excluding carboxylic acids is 1. The van der Waals surface area contributed by atoms with Gasteiger partial charge in [0.25, 0.3) is 5.91 Å². The molecular formula is C15H19Cl2N3O2. The molecule has 0 saturated carbocycles. The lowest BCUT2D eigenvalue weighted by Crippen LogP contribution is -2.29. The fourth-order valence-corrected chi connectivity index (χ4v) is 2.20. The third kappa shape index (κ3) is 4.22. The van der Waals surface area contributed by atoms with Crippen LogP contribution in [0, 0.1) is 6.92 Å². The number of halogens is 2. The monoisotopic (exact) mass is 343 g/mol. The van der Waals surface area contributed by atoms with Crippen LogP contribution in [0.1, 0.15) is 29.5 Å². The van der Waals surface area contributed by atoms with Gasteiger partial charge in [0.15, 0.2) is 0 Å². The minimum absolute atomic E-state index is 0. The molecule has 3 N–H and O–H groups in total. The van der Waals surface area contributed by atoms with Crippen molar-refractivity contribution in [3.05, 3.63) is 40.6 Å². The van der Waals surface area contributed by atoms with Gasteiger partial charge in [-0.05, 0) is 26.3 Å². The molecule has 1 unspecified atom stereocenters. The van der Waals surface area contributed by atoms with Crippen LogP contribution in [-0.4, -0.2) is 23.7 Å². The van der Waals surface area contributed by atoms with Crippen LogP contribution in [0.25, 0.3) is 11.3 Å². The van der Waals surface area contributed by atoms with Crippen molar-refractivity contribution < 1.29 is 9.32 Å². The summed E-state index contributed by atoms with van der Waals surface area (Å²) in [5, 5.41) is 7.31. The van der Waals surface area contributed by atoms with Gasteiger partial charge >= 0.3 is 0 Å². The van der Waals surface area contributed by atoms with Gasteiger partial charge in [-0.25, -0.2) is 0 Å². The van der Waals surface area contributed by atoms with Crippen molar-refractivity contribution >= 4 is 29.9 Å². The second-order valence-electron chi connectivity index (χ2n) is 4.96. The van der Waals surface area contributed by atoms with Crippen LogP contribution in [-0.2, 0) is 0 Å². The van der Waals surface area contributed by atoms with E-state index in [-0.39, 0.29) is 24.4 Å². The Bertz CT molecular complexity index is 641. The van der Waals surface area contributed by atoms with E-state index in [2.05, 4.69) is 10.5 Å². The second kappa shape index (κ2) is 8.17. The number of aromatic nitrogens is 1. The van der Waals surface area contributed by atoms with Crippen LogP contribution < -0.4 is 11.1 Å². The molecular weight excluding hydrogens is 325 g/mol. The number of rotatable bonds is 5. The molecule has 0 aliphatic heterocycles. The van der Waals surface area contributed by atoms with Crippen molar-refractivity contribution in [1.29, 1.82) is 0 Å². The molecule has 0 bridgehead atoms. The van der Waals surface area contributed by atoms with Gasteiger partial charge in [-0.1, -0.05) is 35.0 Å². The van der Waals surface area contributed by atoms with Gasteiger partial charge < -0.3 is 15.6 Å². The zero-order chi connectivity index (χ0) is 15.4. The Morgan fingerprint density at radius 1 is 1.45 bits per heavy atom. The molecule has 1 amide bonds. The zero-order valence-electron chi connectivity index (χ0n) is 12.4. The number of aryl methyl sites for hydroxylation is 1. The van der Waals surface area contributed by atoms with Gasteiger partial charge in [-0.2, -0.15) is 0 Å². The molecule has 0 aliphatic rings. The number of hydrogen-bond acceptors (Lipinski definition) is 4.